The van der Waals surface area contributed by atoms with Gasteiger partial charge in [-0.15, -0.1) is 11.3 Å². The van der Waals surface area contributed by atoms with Crippen molar-refractivity contribution in [3.8, 4) is 16.8 Å². The summed E-state index contributed by atoms with van der Waals surface area (Å²) in [6.07, 6.45) is 0.623. The fourth-order valence-electron chi connectivity index (χ4n) is 1.99. The Balaban J connectivity index is 1.86. The second-order valence-electron chi connectivity index (χ2n) is 4.46. The molecule has 2 aromatic heterocycles. The molecule has 4 nitrogen and oxygen atoms in total. The van der Waals surface area contributed by atoms with Crippen LogP contribution < -0.4 is 0 Å². The van der Waals surface area contributed by atoms with Crippen LogP contribution in [0, 0.1) is 18.3 Å². The highest BCUT2D eigenvalue weighted by Gasteiger charge is 2.14. The summed E-state index contributed by atoms with van der Waals surface area (Å²) < 4.78 is 5.25. The zero-order valence-electron chi connectivity index (χ0n) is 10.8. The van der Waals surface area contributed by atoms with E-state index in [2.05, 4.69) is 35.3 Å². The first-order chi connectivity index (χ1) is 9.76. The van der Waals surface area contributed by atoms with Gasteiger partial charge in [-0.3, -0.25) is 0 Å². The van der Waals surface area contributed by atoms with E-state index in [1.807, 2.05) is 17.5 Å². The van der Waals surface area contributed by atoms with Gasteiger partial charge in [0.05, 0.1) is 5.56 Å². The molecule has 0 bridgehead atoms. The molecule has 3 aromatic rings. The monoisotopic (exact) mass is 281 g/mol. The molecule has 0 atom stereocenters. The van der Waals surface area contributed by atoms with Crippen LogP contribution in [0.3, 0.4) is 0 Å². The smallest absolute Gasteiger partial charge is 0.269 e. The molecule has 0 radical (unpaired) electrons. The van der Waals surface area contributed by atoms with Gasteiger partial charge < -0.3 is 4.52 Å². The Bertz CT molecular complexity index is 782. The van der Waals surface area contributed by atoms with E-state index in [0.717, 1.165) is 10.4 Å². The quantitative estimate of drug-likeness (QED) is 0.736. The van der Waals surface area contributed by atoms with Crippen LogP contribution in [0.25, 0.3) is 10.8 Å². The third-order valence-electron chi connectivity index (χ3n) is 2.89. The molecule has 0 N–H and O–H groups in total. The van der Waals surface area contributed by atoms with Gasteiger partial charge in [-0.25, -0.2) is 0 Å². The maximum absolute atomic E-state index is 9.01. The lowest BCUT2D eigenvalue weighted by Gasteiger charge is -1.97. The Morgan fingerprint density at radius 3 is 3.05 bits per heavy atom. The normalized spacial score (nSPS) is 10.4. The Morgan fingerprint density at radius 1 is 1.35 bits per heavy atom. The predicted octanol–water partition coefficient (Wildman–Crippen LogP) is 3.57. The molecule has 98 valence electrons. The molecule has 0 spiro atoms. The van der Waals surface area contributed by atoms with Gasteiger partial charge in [0, 0.05) is 6.42 Å². The van der Waals surface area contributed by atoms with Crippen molar-refractivity contribution in [3.05, 3.63) is 58.2 Å². The highest BCUT2D eigenvalue weighted by atomic mass is 32.1. The van der Waals surface area contributed by atoms with Crippen LogP contribution in [0.2, 0.25) is 0 Å². The Morgan fingerprint density at radius 2 is 2.25 bits per heavy atom. The molecule has 0 aliphatic carbocycles. The van der Waals surface area contributed by atoms with Gasteiger partial charge in [0.25, 0.3) is 5.89 Å². The zero-order valence-corrected chi connectivity index (χ0v) is 11.6. The minimum atomic E-state index is 0.416. The number of aryl methyl sites for hydroxylation is 1. The van der Waals surface area contributed by atoms with Gasteiger partial charge in [-0.1, -0.05) is 35.0 Å². The number of nitrogens with zero attached hydrogens (tertiary/aromatic N) is 3. The summed E-state index contributed by atoms with van der Waals surface area (Å²) in [6, 6.07) is 12.1. The van der Waals surface area contributed by atoms with Crippen LogP contribution in [0.1, 0.15) is 22.5 Å². The van der Waals surface area contributed by atoms with Crippen molar-refractivity contribution >= 4 is 11.3 Å². The van der Waals surface area contributed by atoms with Crippen molar-refractivity contribution in [2.75, 3.05) is 0 Å². The molecule has 0 aliphatic heterocycles. The van der Waals surface area contributed by atoms with Gasteiger partial charge in [0.2, 0.25) is 0 Å². The topological polar surface area (TPSA) is 62.7 Å². The largest absolute Gasteiger partial charge is 0.333 e. The van der Waals surface area contributed by atoms with Gasteiger partial charge in [0.1, 0.15) is 10.9 Å². The highest BCUT2D eigenvalue weighted by molar-refractivity contribution is 7.13. The molecule has 1 aromatic carbocycles. The van der Waals surface area contributed by atoms with Crippen molar-refractivity contribution < 1.29 is 4.52 Å². The van der Waals surface area contributed by atoms with Gasteiger partial charge in [-0.05, 0) is 23.9 Å². The molecule has 0 aliphatic rings. The lowest BCUT2D eigenvalue weighted by Crippen LogP contribution is -1.91. The Kier molecular flexibility index (Phi) is 3.32. The van der Waals surface area contributed by atoms with Crippen LogP contribution in [0.4, 0.5) is 0 Å². The number of nitriles is 1. The van der Waals surface area contributed by atoms with E-state index in [-0.39, 0.29) is 0 Å². The highest BCUT2D eigenvalue weighted by Crippen LogP contribution is 2.27. The van der Waals surface area contributed by atoms with Crippen molar-refractivity contribution in [2.24, 2.45) is 0 Å². The van der Waals surface area contributed by atoms with Gasteiger partial charge >= 0.3 is 0 Å². The van der Waals surface area contributed by atoms with Crippen LogP contribution >= 0.6 is 11.3 Å². The molecule has 0 fully saturated rings. The fourth-order valence-corrected chi connectivity index (χ4v) is 2.75. The van der Waals surface area contributed by atoms with E-state index in [9.17, 15) is 0 Å². The first-order valence-electron chi connectivity index (χ1n) is 6.12. The molecular formula is C15H11N3OS. The van der Waals surface area contributed by atoms with E-state index in [4.69, 9.17) is 9.78 Å². The molecule has 5 heteroatoms. The van der Waals surface area contributed by atoms with Crippen LogP contribution in [-0.4, -0.2) is 10.1 Å². The van der Waals surface area contributed by atoms with Gasteiger partial charge in [-0.2, -0.15) is 10.2 Å². The van der Waals surface area contributed by atoms with Crippen LogP contribution in [0.15, 0.2) is 40.2 Å². The first-order valence-corrected chi connectivity index (χ1v) is 7.00. The van der Waals surface area contributed by atoms with E-state index in [1.165, 1.54) is 16.9 Å². The first kappa shape index (κ1) is 12.6. The predicted molar refractivity (Wildman–Crippen MR) is 76.3 cm³/mol. The summed E-state index contributed by atoms with van der Waals surface area (Å²) >= 11 is 1.43. The standard InChI is InChI=1S/C15H11N3OS/c1-10-3-2-4-11(7-10)8-13-17-15(19-18-13)14-12(9-16)5-6-20-14/h2-7H,8H2,1H3. The van der Waals surface area contributed by atoms with Crippen LogP contribution in [-0.2, 0) is 6.42 Å². The summed E-state index contributed by atoms with van der Waals surface area (Å²) in [5, 5.41) is 14.8. The minimum Gasteiger partial charge on any atom is -0.333 e. The molecule has 0 saturated carbocycles. The summed E-state index contributed by atoms with van der Waals surface area (Å²) in [5.41, 5.74) is 2.92. The summed E-state index contributed by atoms with van der Waals surface area (Å²) in [6.45, 7) is 2.05. The van der Waals surface area contributed by atoms with Crippen molar-refractivity contribution in [1.29, 1.82) is 5.26 Å². The second kappa shape index (κ2) is 5.27. The molecule has 2 heterocycles. The molecule has 0 amide bonds. The second-order valence-corrected chi connectivity index (χ2v) is 5.37. The molecule has 0 unspecified atom stereocenters. The number of aromatic nitrogens is 2. The fraction of sp³-hybridized carbons (Fsp3) is 0.133. The summed E-state index contributed by atoms with van der Waals surface area (Å²) in [5.74, 6) is 1.04. The third kappa shape index (κ3) is 2.46. The Labute approximate surface area is 120 Å². The molecule has 3 rings (SSSR count). The average molecular weight is 281 g/mol. The zero-order chi connectivity index (χ0) is 13.9. The lowest BCUT2D eigenvalue weighted by atomic mass is 10.1. The average Bonchev–Trinajstić information content (AvgIpc) is 3.06. The SMILES string of the molecule is Cc1cccc(Cc2noc(-c3sccc3C#N)n2)c1. The third-order valence-corrected chi connectivity index (χ3v) is 3.80. The van der Waals surface area contributed by atoms with Crippen molar-refractivity contribution in [3.63, 3.8) is 0 Å². The number of hydrogen-bond donors (Lipinski definition) is 0. The van der Waals surface area contributed by atoms with Gasteiger partial charge in [0.15, 0.2) is 5.82 Å². The van der Waals surface area contributed by atoms with E-state index >= 15 is 0 Å². The maximum atomic E-state index is 9.01. The number of thiophene rings is 1. The number of benzene rings is 1. The Hall–Kier alpha value is -2.45. The minimum absolute atomic E-state index is 0.416. The van der Waals surface area contributed by atoms with Crippen molar-refractivity contribution in [1.82, 2.24) is 10.1 Å². The van der Waals surface area contributed by atoms with E-state index < -0.39 is 0 Å². The summed E-state index contributed by atoms with van der Waals surface area (Å²) in [4.78, 5) is 5.10. The van der Waals surface area contributed by atoms with Crippen LogP contribution in [0.5, 0.6) is 0 Å². The molecule has 0 saturated heterocycles. The molecular weight excluding hydrogens is 270 g/mol. The van der Waals surface area contributed by atoms with E-state index in [0.29, 0.717) is 23.7 Å². The number of hydrogen-bond acceptors (Lipinski definition) is 5. The van der Waals surface area contributed by atoms with E-state index in [1.54, 1.807) is 6.07 Å². The summed E-state index contributed by atoms with van der Waals surface area (Å²) in [7, 11) is 0. The lowest BCUT2D eigenvalue weighted by molar-refractivity contribution is 0.424. The number of rotatable bonds is 3. The maximum Gasteiger partial charge on any atom is 0.269 e. The van der Waals surface area contributed by atoms with Crippen molar-refractivity contribution in [2.45, 2.75) is 13.3 Å². The molecule has 20 heavy (non-hydrogen) atoms.